The first-order valence-electron chi connectivity index (χ1n) is 6.08. The fourth-order valence-electron chi connectivity index (χ4n) is 1.98. The molecule has 0 unspecified atom stereocenters. The molecule has 1 aromatic carbocycles. The van der Waals surface area contributed by atoms with E-state index in [9.17, 15) is 0 Å². The number of nitrogens with two attached hydrogens (primary N) is 1. The van der Waals surface area contributed by atoms with Crippen LogP contribution in [0.15, 0.2) is 36.4 Å². The zero-order valence-corrected chi connectivity index (χ0v) is 11.1. The summed E-state index contributed by atoms with van der Waals surface area (Å²) in [6, 6.07) is 12.4. The van der Waals surface area contributed by atoms with Crippen LogP contribution in [-0.2, 0) is 6.54 Å². The molecule has 94 valence electrons. The van der Waals surface area contributed by atoms with Crippen LogP contribution < -0.4 is 10.6 Å². The summed E-state index contributed by atoms with van der Waals surface area (Å²) in [5, 5.41) is 0. The first-order chi connectivity index (χ1) is 8.60. The Morgan fingerprint density at radius 2 is 1.94 bits per heavy atom. The Labute approximate surface area is 108 Å². The largest absolute Gasteiger partial charge is 0.329 e. The van der Waals surface area contributed by atoms with Crippen molar-refractivity contribution in [1.82, 2.24) is 4.98 Å². The minimum Gasteiger partial charge on any atom is -0.329 e. The summed E-state index contributed by atoms with van der Waals surface area (Å²) < 4.78 is 0. The third kappa shape index (κ3) is 2.68. The monoisotopic (exact) mass is 241 g/mol. The predicted octanol–water partition coefficient (Wildman–Crippen LogP) is 2.93. The van der Waals surface area contributed by atoms with Crippen LogP contribution in [0.25, 0.3) is 0 Å². The van der Waals surface area contributed by atoms with Crippen molar-refractivity contribution in [2.24, 2.45) is 5.73 Å². The molecule has 0 spiro atoms. The van der Waals surface area contributed by atoms with Crippen molar-refractivity contribution in [2.75, 3.05) is 11.9 Å². The molecule has 0 bridgehead atoms. The number of aromatic nitrogens is 1. The van der Waals surface area contributed by atoms with Crippen molar-refractivity contribution >= 4 is 11.5 Å². The van der Waals surface area contributed by atoms with E-state index >= 15 is 0 Å². The number of hydrogen-bond acceptors (Lipinski definition) is 3. The van der Waals surface area contributed by atoms with Gasteiger partial charge in [0.2, 0.25) is 0 Å². The van der Waals surface area contributed by atoms with Gasteiger partial charge in [0.1, 0.15) is 5.82 Å². The molecule has 2 N–H and O–H groups in total. The van der Waals surface area contributed by atoms with Gasteiger partial charge >= 0.3 is 0 Å². The lowest BCUT2D eigenvalue weighted by molar-refractivity contribution is 1.02. The molecule has 0 amide bonds. The summed E-state index contributed by atoms with van der Waals surface area (Å²) in [6.45, 7) is 4.62. The van der Waals surface area contributed by atoms with Gasteiger partial charge < -0.3 is 10.6 Å². The summed E-state index contributed by atoms with van der Waals surface area (Å²) in [5.41, 5.74) is 10.2. The molecule has 0 atom stereocenters. The van der Waals surface area contributed by atoms with E-state index in [4.69, 9.17) is 5.73 Å². The lowest BCUT2D eigenvalue weighted by Crippen LogP contribution is -2.13. The fourth-order valence-corrected chi connectivity index (χ4v) is 1.98. The maximum Gasteiger partial charge on any atom is 0.133 e. The molecule has 0 fully saturated rings. The molecular weight excluding hydrogens is 222 g/mol. The van der Waals surface area contributed by atoms with Crippen LogP contribution in [-0.4, -0.2) is 12.0 Å². The quantitative estimate of drug-likeness (QED) is 0.898. The Hall–Kier alpha value is -1.87. The number of pyridine rings is 1. The van der Waals surface area contributed by atoms with Gasteiger partial charge in [-0.05, 0) is 49.2 Å². The molecule has 0 radical (unpaired) electrons. The summed E-state index contributed by atoms with van der Waals surface area (Å²) in [4.78, 5) is 6.64. The van der Waals surface area contributed by atoms with Crippen LogP contribution in [0.4, 0.5) is 11.5 Å². The van der Waals surface area contributed by atoms with Crippen LogP contribution in [0.5, 0.6) is 0 Å². The van der Waals surface area contributed by atoms with Crippen LogP contribution in [0, 0.1) is 13.8 Å². The van der Waals surface area contributed by atoms with Crippen LogP contribution >= 0.6 is 0 Å². The molecule has 0 saturated carbocycles. The van der Waals surface area contributed by atoms with Gasteiger partial charge in [-0.3, -0.25) is 0 Å². The zero-order chi connectivity index (χ0) is 13.1. The third-order valence-electron chi connectivity index (χ3n) is 2.97. The highest BCUT2D eigenvalue weighted by molar-refractivity contribution is 5.60. The molecule has 2 rings (SSSR count). The first kappa shape index (κ1) is 12.6. The maximum absolute atomic E-state index is 5.70. The predicted molar refractivity (Wildman–Crippen MR) is 76.1 cm³/mol. The Morgan fingerprint density at radius 3 is 2.61 bits per heavy atom. The molecule has 3 nitrogen and oxygen atoms in total. The summed E-state index contributed by atoms with van der Waals surface area (Å²) in [7, 11) is 2.02. The average Bonchev–Trinajstić information content (AvgIpc) is 2.37. The summed E-state index contributed by atoms with van der Waals surface area (Å²) >= 11 is 0. The number of hydrogen-bond donors (Lipinski definition) is 1. The van der Waals surface area contributed by atoms with Crippen LogP contribution in [0.1, 0.15) is 16.8 Å². The van der Waals surface area contributed by atoms with E-state index in [-0.39, 0.29) is 0 Å². The van der Waals surface area contributed by atoms with Crippen molar-refractivity contribution in [3.05, 3.63) is 53.2 Å². The van der Waals surface area contributed by atoms with Gasteiger partial charge in [-0.15, -0.1) is 0 Å². The molecule has 0 aliphatic heterocycles. The fraction of sp³-hybridized carbons (Fsp3) is 0.267. The normalized spacial score (nSPS) is 10.4. The van der Waals surface area contributed by atoms with E-state index < -0.39 is 0 Å². The molecule has 3 heteroatoms. The molecule has 18 heavy (non-hydrogen) atoms. The smallest absolute Gasteiger partial charge is 0.133 e. The van der Waals surface area contributed by atoms with Gasteiger partial charge in [0.15, 0.2) is 0 Å². The molecule has 0 aliphatic carbocycles. The van der Waals surface area contributed by atoms with E-state index in [0.29, 0.717) is 6.54 Å². The topological polar surface area (TPSA) is 42.1 Å². The second-order valence-electron chi connectivity index (χ2n) is 4.58. The highest BCUT2D eigenvalue weighted by Gasteiger charge is 2.07. The van der Waals surface area contributed by atoms with Crippen LogP contribution in [0.2, 0.25) is 0 Å². The molecule has 1 aromatic heterocycles. The Balaban J connectivity index is 2.39. The number of benzene rings is 1. The minimum atomic E-state index is 0.540. The van der Waals surface area contributed by atoms with E-state index in [1.807, 2.05) is 26.1 Å². The first-order valence-corrected chi connectivity index (χ1v) is 6.08. The van der Waals surface area contributed by atoms with Gasteiger partial charge in [-0.1, -0.05) is 12.1 Å². The SMILES string of the molecule is Cc1cccc(N(C)c2cc(CN)cc(C)n2)c1. The molecule has 0 saturated heterocycles. The molecule has 2 aromatic rings. The van der Waals surface area contributed by atoms with Gasteiger partial charge in [-0.25, -0.2) is 4.98 Å². The van der Waals surface area contributed by atoms with Gasteiger partial charge in [0.05, 0.1) is 0 Å². The van der Waals surface area contributed by atoms with Crippen molar-refractivity contribution in [2.45, 2.75) is 20.4 Å². The minimum absolute atomic E-state index is 0.540. The second kappa shape index (κ2) is 5.19. The van der Waals surface area contributed by atoms with E-state index in [2.05, 4.69) is 41.1 Å². The van der Waals surface area contributed by atoms with Crippen molar-refractivity contribution in [1.29, 1.82) is 0 Å². The number of rotatable bonds is 3. The number of nitrogens with zero attached hydrogens (tertiary/aromatic N) is 2. The average molecular weight is 241 g/mol. The van der Waals surface area contributed by atoms with Crippen molar-refractivity contribution in [3.63, 3.8) is 0 Å². The van der Waals surface area contributed by atoms with Crippen molar-refractivity contribution < 1.29 is 0 Å². The molecule has 1 heterocycles. The Bertz CT molecular complexity index is 549. The zero-order valence-electron chi connectivity index (χ0n) is 11.1. The van der Waals surface area contributed by atoms with Gasteiger partial charge in [0.25, 0.3) is 0 Å². The number of aryl methyl sites for hydroxylation is 2. The van der Waals surface area contributed by atoms with E-state index in [1.54, 1.807) is 0 Å². The highest BCUT2D eigenvalue weighted by atomic mass is 15.2. The summed E-state index contributed by atoms with van der Waals surface area (Å²) in [6.07, 6.45) is 0. The molecular formula is C15H19N3. The van der Waals surface area contributed by atoms with Crippen LogP contribution in [0.3, 0.4) is 0 Å². The van der Waals surface area contributed by atoms with Crippen molar-refractivity contribution in [3.8, 4) is 0 Å². The van der Waals surface area contributed by atoms with Gasteiger partial charge in [-0.2, -0.15) is 0 Å². The Kier molecular flexibility index (Phi) is 3.63. The lowest BCUT2D eigenvalue weighted by Gasteiger charge is -2.20. The highest BCUT2D eigenvalue weighted by Crippen LogP contribution is 2.23. The standard InChI is InChI=1S/C15H19N3/c1-11-5-4-6-14(7-11)18(3)15-9-13(10-16)8-12(2)17-15/h4-9H,10,16H2,1-3H3. The van der Waals surface area contributed by atoms with E-state index in [1.165, 1.54) is 5.56 Å². The third-order valence-corrected chi connectivity index (χ3v) is 2.97. The number of anilines is 2. The summed E-state index contributed by atoms with van der Waals surface area (Å²) in [5.74, 6) is 0.932. The Morgan fingerprint density at radius 1 is 1.17 bits per heavy atom. The molecule has 0 aliphatic rings. The lowest BCUT2D eigenvalue weighted by atomic mass is 10.2. The second-order valence-corrected chi connectivity index (χ2v) is 4.58. The van der Waals surface area contributed by atoms with E-state index in [0.717, 1.165) is 22.8 Å². The maximum atomic E-state index is 5.70. The van der Waals surface area contributed by atoms with Gasteiger partial charge in [0, 0.05) is 25.0 Å².